The minimum atomic E-state index is -1.47. The second kappa shape index (κ2) is 5.84. The zero-order valence-corrected chi connectivity index (χ0v) is 10.4. The van der Waals surface area contributed by atoms with E-state index in [0.717, 1.165) is 0 Å². The maximum Gasteiger partial charge on any atom is 0.336 e. The summed E-state index contributed by atoms with van der Waals surface area (Å²) in [5.41, 5.74) is -0.681. The first kappa shape index (κ1) is 14.9. The Morgan fingerprint density at radius 3 is 2.12 bits per heavy atom. The largest absolute Gasteiger partial charge is 0.463 e. The Bertz CT molecular complexity index is 252. The molecule has 0 saturated heterocycles. The van der Waals surface area contributed by atoms with E-state index in [-0.39, 0.29) is 12.5 Å². The summed E-state index contributed by atoms with van der Waals surface area (Å²) in [6, 6.07) is 0. The lowest BCUT2D eigenvalue weighted by molar-refractivity contribution is -0.170. The molecule has 0 aliphatic heterocycles. The van der Waals surface area contributed by atoms with E-state index >= 15 is 0 Å². The Balaban J connectivity index is 4.11. The molecule has 0 spiro atoms. The van der Waals surface area contributed by atoms with Gasteiger partial charge >= 0.3 is 11.9 Å². The van der Waals surface area contributed by atoms with Gasteiger partial charge in [0.2, 0.25) is 0 Å². The second-order valence-corrected chi connectivity index (χ2v) is 4.79. The maximum absolute atomic E-state index is 11.3. The molecule has 1 atom stereocenters. The summed E-state index contributed by atoms with van der Waals surface area (Å²) in [5.74, 6) is -1.43. The summed E-state index contributed by atoms with van der Waals surface area (Å²) >= 11 is 0. The molecule has 5 heteroatoms. The quantitative estimate of drug-likeness (QED) is 0.733. The van der Waals surface area contributed by atoms with E-state index in [9.17, 15) is 14.7 Å². The molecule has 16 heavy (non-hydrogen) atoms. The third-order valence-electron chi connectivity index (χ3n) is 1.41. The standard InChI is InChI=1S/C11H20O5/c1-7(2)15-9(13)6-8(12)10(14)16-11(3,4)5/h7-8,12H,6H2,1-5H3/t8-/m0/s1. The minimum absolute atomic E-state index is 0.265. The molecule has 0 amide bonds. The number of ether oxygens (including phenoxy) is 2. The molecule has 0 aromatic heterocycles. The normalized spacial score (nSPS) is 13.4. The van der Waals surface area contributed by atoms with Crippen molar-refractivity contribution in [3.8, 4) is 0 Å². The molecule has 0 radical (unpaired) electrons. The van der Waals surface area contributed by atoms with Gasteiger partial charge in [0.1, 0.15) is 5.60 Å². The zero-order valence-electron chi connectivity index (χ0n) is 10.4. The molecule has 0 bridgehead atoms. The van der Waals surface area contributed by atoms with Crippen molar-refractivity contribution in [2.75, 3.05) is 0 Å². The topological polar surface area (TPSA) is 72.8 Å². The van der Waals surface area contributed by atoms with Gasteiger partial charge in [-0.05, 0) is 34.6 Å². The number of hydrogen-bond donors (Lipinski definition) is 1. The van der Waals surface area contributed by atoms with Crippen LogP contribution >= 0.6 is 0 Å². The average molecular weight is 232 g/mol. The van der Waals surface area contributed by atoms with Gasteiger partial charge in [0.25, 0.3) is 0 Å². The highest BCUT2D eigenvalue weighted by Gasteiger charge is 2.26. The summed E-state index contributed by atoms with van der Waals surface area (Å²) in [6.07, 6.45) is -2.11. The van der Waals surface area contributed by atoms with Crippen LogP contribution in [-0.4, -0.2) is 34.9 Å². The molecule has 0 aromatic rings. The number of hydrogen-bond acceptors (Lipinski definition) is 5. The minimum Gasteiger partial charge on any atom is -0.463 e. The van der Waals surface area contributed by atoms with Crippen LogP contribution < -0.4 is 0 Å². The third kappa shape index (κ3) is 7.23. The highest BCUT2D eigenvalue weighted by atomic mass is 16.6. The van der Waals surface area contributed by atoms with Gasteiger partial charge < -0.3 is 14.6 Å². The molecule has 0 unspecified atom stereocenters. The van der Waals surface area contributed by atoms with Gasteiger partial charge in [-0.1, -0.05) is 0 Å². The Morgan fingerprint density at radius 1 is 1.25 bits per heavy atom. The second-order valence-electron chi connectivity index (χ2n) is 4.79. The molecular weight excluding hydrogens is 212 g/mol. The molecule has 5 nitrogen and oxygen atoms in total. The summed E-state index contributed by atoms with van der Waals surface area (Å²) in [6.45, 7) is 8.44. The van der Waals surface area contributed by atoms with Crippen molar-refractivity contribution in [3.05, 3.63) is 0 Å². The van der Waals surface area contributed by atoms with Gasteiger partial charge in [-0.15, -0.1) is 0 Å². The van der Waals surface area contributed by atoms with Gasteiger partial charge in [0.05, 0.1) is 12.5 Å². The van der Waals surface area contributed by atoms with Gasteiger partial charge in [0.15, 0.2) is 6.10 Å². The fourth-order valence-corrected chi connectivity index (χ4v) is 0.922. The average Bonchev–Trinajstić information content (AvgIpc) is 1.98. The lowest BCUT2D eigenvalue weighted by Crippen LogP contribution is -2.33. The molecule has 94 valence electrons. The Kier molecular flexibility index (Phi) is 5.44. The third-order valence-corrected chi connectivity index (χ3v) is 1.41. The van der Waals surface area contributed by atoms with Crippen LogP contribution in [0, 0.1) is 0 Å². The van der Waals surface area contributed by atoms with E-state index in [0.29, 0.717) is 0 Å². The monoisotopic (exact) mass is 232 g/mol. The van der Waals surface area contributed by atoms with Crippen molar-refractivity contribution >= 4 is 11.9 Å². The summed E-state index contributed by atoms with van der Waals surface area (Å²) < 4.78 is 9.70. The van der Waals surface area contributed by atoms with Crippen molar-refractivity contribution < 1.29 is 24.2 Å². The molecule has 0 aliphatic carbocycles. The van der Waals surface area contributed by atoms with Crippen LogP contribution in [0.4, 0.5) is 0 Å². The molecule has 0 aliphatic rings. The highest BCUT2D eigenvalue weighted by Crippen LogP contribution is 2.10. The number of esters is 2. The van der Waals surface area contributed by atoms with E-state index in [4.69, 9.17) is 9.47 Å². The van der Waals surface area contributed by atoms with Gasteiger partial charge in [-0.3, -0.25) is 4.79 Å². The van der Waals surface area contributed by atoms with Crippen molar-refractivity contribution in [3.63, 3.8) is 0 Å². The predicted molar refractivity (Wildman–Crippen MR) is 57.7 cm³/mol. The smallest absolute Gasteiger partial charge is 0.336 e. The van der Waals surface area contributed by atoms with Crippen LogP contribution in [0.1, 0.15) is 41.0 Å². The predicted octanol–water partition coefficient (Wildman–Crippen LogP) is 1.03. The van der Waals surface area contributed by atoms with Crippen LogP contribution in [0.3, 0.4) is 0 Å². The molecule has 0 aromatic carbocycles. The van der Waals surface area contributed by atoms with E-state index < -0.39 is 23.6 Å². The maximum atomic E-state index is 11.3. The lowest BCUT2D eigenvalue weighted by atomic mass is 10.2. The van der Waals surface area contributed by atoms with E-state index in [1.54, 1.807) is 34.6 Å². The molecule has 0 saturated carbocycles. The first-order chi connectivity index (χ1) is 7.11. The van der Waals surface area contributed by atoms with Crippen molar-refractivity contribution in [2.45, 2.75) is 58.8 Å². The number of carbonyl (C=O) groups is 2. The molecule has 0 heterocycles. The summed E-state index contributed by atoms with van der Waals surface area (Å²) in [5, 5.41) is 9.39. The van der Waals surface area contributed by atoms with E-state index in [1.165, 1.54) is 0 Å². The summed E-state index contributed by atoms with van der Waals surface area (Å²) in [7, 11) is 0. The fourth-order valence-electron chi connectivity index (χ4n) is 0.922. The van der Waals surface area contributed by atoms with Crippen LogP contribution in [0.2, 0.25) is 0 Å². The van der Waals surface area contributed by atoms with Crippen molar-refractivity contribution in [2.24, 2.45) is 0 Å². The zero-order chi connectivity index (χ0) is 12.9. The van der Waals surface area contributed by atoms with Gasteiger partial charge in [0, 0.05) is 0 Å². The van der Waals surface area contributed by atoms with Crippen LogP contribution in [0.15, 0.2) is 0 Å². The first-order valence-corrected chi connectivity index (χ1v) is 5.22. The van der Waals surface area contributed by atoms with Crippen molar-refractivity contribution in [1.82, 2.24) is 0 Å². The van der Waals surface area contributed by atoms with E-state index in [1.807, 2.05) is 0 Å². The highest BCUT2D eigenvalue weighted by molar-refractivity contribution is 5.81. The Hall–Kier alpha value is -1.10. The number of aliphatic hydroxyl groups excluding tert-OH is 1. The van der Waals surface area contributed by atoms with Crippen LogP contribution in [0.25, 0.3) is 0 Å². The summed E-state index contributed by atoms with van der Waals surface area (Å²) in [4.78, 5) is 22.4. The van der Waals surface area contributed by atoms with Crippen LogP contribution in [0.5, 0.6) is 0 Å². The number of rotatable bonds is 4. The Labute approximate surface area is 95.7 Å². The SMILES string of the molecule is CC(C)OC(=O)C[C@H](O)C(=O)OC(C)(C)C. The van der Waals surface area contributed by atoms with E-state index in [2.05, 4.69) is 0 Å². The molecule has 0 fully saturated rings. The first-order valence-electron chi connectivity index (χ1n) is 5.22. The molecular formula is C11H20O5. The molecule has 1 N–H and O–H groups in total. The number of aliphatic hydroxyl groups is 1. The fraction of sp³-hybridized carbons (Fsp3) is 0.818. The lowest BCUT2D eigenvalue weighted by Gasteiger charge is -2.21. The van der Waals surface area contributed by atoms with Crippen molar-refractivity contribution in [1.29, 1.82) is 0 Å². The van der Waals surface area contributed by atoms with Gasteiger partial charge in [-0.25, -0.2) is 4.79 Å². The number of carbonyl (C=O) groups excluding carboxylic acids is 2. The van der Waals surface area contributed by atoms with Gasteiger partial charge in [-0.2, -0.15) is 0 Å². The molecule has 0 rings (SSSR count). The Morgan fingerprint density at radius 2 is 1.75 bits per heavy atom. The van der Waals surface area contributed by atoms with Crippen LogP contribution in [-0.2, 0) is 19.1 Å².